The van der Waals surface area contributed by atoms with Crippen LogP contribution < -0.4 is 5.01 Å². The van der Waals surface area contributed by atoms with Crippen molar-refractivity contribution in [2.45, 2.75) is 6.92 Å². The van der Waals surface area contributed by atoms with Crippen molar-refractivity contribution in [3.05, 3.63) is 99.4 Å². The highest BCUT2D eigenvalue weighted by Crippen LogP contribution is 2.26. The lowest BCUT2D eigenvalue weighted by atomic mass is 10.0. The molecule has 3 aromatic rings. The Balaban J connectivity index is 1.62. The molecule has 2 heterocycles. The number of ketones is 1. The van der Waals surface area contributed by atoms with Crippen molar-refractivity contribution < 1.29 is 14.5 Å². The summed E-state index contributed by atoms with van der Waals surface area (Å²) in [6.45, 7) is 1.73. The van der Waals surface area contributed by atoms with Gasteiger partial charge in [0.05, 0.1) is 21.9 Å². The van der Waals surface area contributed by atoms with Crippen LogP contribution in [0.5, 0.6) is 0 Å². The minimum Gasteiger partial charge on any atom is -0.361 e. The van der Waals surface area contributed by atoms with Crippen LogP contribution in [0.15, 0.2) is 77.5 Å². The molecule has 0 spiro atoms. The minimum atomic E-state index is -0.585. The number of nitrogens with zero attached hydrogens (tertiary/aromatic N) is 3. The van der Waals surface area contributed by atoms with Gasteiger partial charge in [-0.05, 0) is 37.3 Å². The largest absolute Gasteiger partial charge is 0.361 e. The Bertz CT molecular complexity index is 1220. The summed E-state index contributed by atoms with van der Waals surface area (Å²) >= 11 is 0. The fraction of sp³-hybridized carbons (Fsp3) is 0.0455. The average Bonchev–Trinajstić information content (AvgIpc) is 3.34. The maximum atomic E-state index is 12.8. The van der Waals surface area contributed by atoms with Gasteiger partial charge in [0.1, 0.15) is 5.56 Å². The van der Waals surface area contributed by atoms with Crippen LogP contribution in [0.4, 0.5) is 11.4 Å². The van der Waals surface area contributed by atoms with Crippen molar-refractivity contribution in [3.8, 4) is 0 Å². The number of hydrogen-bond donors (Lipinski definition) is 1. The van der Waals surface area contributed by atoms with Crippen molar-refractivity contribution >= 4 is 34.9 Å². The number of amides is 1. The van der Waals surface area contributed by atoms with E-state index in [4.69, 9.17) is 0 Å². The monoisotopic (exact) mass is 400 g/mol. The summed E-state index contributed by atoms with van der Waals surface area (Å²) in [7, 11) is 0. The number of nitro benzene ring substituents is 1. The molecule has 0 atom stereocenters. The minimum absolute atomic E-state index is 0.00522. The Morgan fingerprint density at radius 2 is 1.83 bits per heavy atom. The van der Waals surface area contributed by atoms with Crippen LogP contribution in [-0.4, -0.2) is 27.3 Å². The third-order valence-corrected chi connectivity index (χ3v) is 4.68. The van der Waals surface area contributed by atoms with Gasteiger partial charge >= 0.3 is 0 Å². The molecule has 0 aliphatic carbocycles. The Hall–Kier alpha value is -4.33. The molecule has 1 aliphatic heterocycles. The highest BCUT2D eigenvalue weighted by atomic mass is 16.6. The van der Waals surface area contributed by atoms with Crippen LogP contribution in [0.2, 0.25) is 0 Å². The standard InChI is InChI=1S/C22H16N4O4/c1-14-19(22(28)25(24-14)17-7-3-2-4-8-17)12-16-11-15(13-23-16)21(27)18-9-5-6-10-20(18)26(29)30/h2-13,23H,1H3/b19-12-. The zero-order valence-corrected chi connectivity index (χ0v) is 15.9. The fourth-order valence-electron chi connectivity index (χ4n) is 3.19. The molecular formula is C22H16N4O4. The van der Waals surface area contributed by atoms with Crippen LogP contribution in [0.1, 0.15) is 28.5 Å². The first-order chi connectivity index (χ1) is 14.5. The predicted molar refractivity (Wildman–Crippen MR) is 112 cm³/mol. The number of para-hydroxylation sites is 2. The molecule has 0 fully saturated rings. The number of hydrazone groups is 1. The number of aromatic nitrogens is 1. The van der Waals surface area contributed by atoms with E-state index in [0.717, 1.165) is 0 Å². The summed E-state index contributed by atoms with van der Waals surface area (Å²) in [5.74, 6) is -0.753. The number of hydrogen-bond acceptors (Lipinski definition) is 5. The first-order valence-electron chi connectivity index (χ1n) is 9.09. The lowest BCUT2D eigenvalue weighted by Gasteiger charge is -2.10. The molecule has 1 N–H and O–H groups in total. The van der Waals surface area contributed by atoms with E-state index in [0.29, 0.717) is 22.7 Å². The molecule has 4 rings (SSSR count). The van der Waals surface area contributed by atoms with E-state index in [1.54, 1.807) is 37.3 Å². The van der Waals surface area contributed by atoms with Gasteiger partial charge in [-0.3, -0.25) is 19.7 Å². The average molecular weight is 400 g/mol. The van der Waals surface area contributed by atoms with Crippen molar-refractivity contribution in [1.82, 2.24) is 4.98 Å². The van der Waals surface area contributed by atoms with E-state index < -0.39 is 10.7 Å². The van der Waals surface area contributed by atoms with Gasteiger partial charge in [-0.15, -0.1) is 0 Å². The van der Waals surface area contributed by atoms with Gasteiger partial charge < -0.3 is 4.98 Å². The number of rotatable bonds is 5. The summed E-state index contributed by atoms with van der Waals surface area (Å²) in [4.78, 5) is 39.1. The van der Waals surface area contributed by atoms with Gasteiger partial charge in [0.2, 0.25) is 5.78 Å². The van der Waals surface area contributed by atoms with Crippen molar-refractivity contribution in [1.29, 1.82) is 0 Å². The molecule has 2 aromatic carbocycles. The molecule has 30 heavy (non-hydrogen) atoms. The number of nitro groups is 1. The maximum absolute atomic E-state index is 12.8. The molecule has 1 aliphatic rings. The predicted octanol–water partition coefficient (Wildman–Crippen LogP) is 3.96. The zero-order valence-electron chi connectivity index (χ0n) is 15.9. The Morgan fingerprint density at radius 1 is 1.13 bits per heavy atom. The molecule has 0 saturated heterocycles. The third-order valence-electron chi connectivity index (χ3n) is 4.68. The zero-order chi connectivity index (χ0) is 21.3. The summed E-state index contributed by atoms with van der Waals surface area (Å²) in [6, 6.07) is 16.4. The Morgan fingerprint density at radius 3 is 2.57 bits per heavy atom. The molecule has 8 nitrogen and oxygen atoms in total. The summed E-state index contributed by atoms with van der Waals surface area (Å²) in [6.07, 6.45) is 3.08. The molecule has 0 radical (unpaired) electrons. The number of aromatic amines is 1. The van der Waals surface area contributed by atoms with Crippen LogP contribution in [0.3, 0.4) is 0 Å². The number of carbonyl (C=O) groups excluding carboxylic acids is 2. The lowest BCUT2D eigenvalue weighted by molar-refractivity contribution is -0.385. The van der Waals surface area contributed by atoms with E-state index >= 15 is 0 Å². The first kappa shape index (κ1) is 19.0. The molecule has 0 unspecified atom stereocenters. The van der Waals surface area contributed by atoms with Crippen LogP contribution in [0, 0.1) is 10.1 Å². The summed E-state index contributed by atoms with van der Waals surface area (Å²) in [5, 5.41) is 16.8. The van der Waals surface area contributed by atoms with Gasteiger partial charge in [-0.2, -0.15) is 10.1 Å². The van der Waals surface area contributed by atoms with Gasteiger partial charge in [0.15, 0.2) is 0 Å². The summed E-state index contributed by atoms with van der Waals surface area (Å²) in [5.41, 5.74) is 2.13. The van der Waals surface area contributed by atoms with E-state index in [1.807, 2.05) is 18.2 Å². The smallest absolute Gasteiger partial charge is 0.280 e. The van der Waals surface area contributed by atoms with E-state index in [1.165, 1.54) is 29.4 Å². The first-order valence-corrected chi connectivity index (χ1v) is 9.09. The quantitative estimate of drug-likeness (QED) is 0.303. The number of carbonyl (C=O) groups is 2. The Labute approximate surface area is 171 Å². The van der Waals surface area contributed by atoms with Gasteiger partial charge in [-0.1, -0.05) is 30.3 Å². The maximum Gasteiger partial charge on any atom is 0.280 e. The van der Waals surface area contributed by atoms with E-state index in [2.05, 4.69) is 10.1 Å². The molecular weight excluding hydrogens is 384 g/mol. The van der Waals surface area contributed by atoms with Crippen LogP contribution >= 0.6 is 0 Å². The lowest BCUT2D eigenvalue weighted by Crippen LogP contribution is -2.21. The molecule has 1 aromatic heterocycles. The SMILES string of the molecule is CC1=NN(c2ccccc2)C(=O)/C1=C\c1cc(C(=O)c2ccccc2[N+](=O)[O-])c[nH]1. The van der Waals surface area contributed by atoms with Gasteiger partial charge in [-0.25, -0.2) is 0 Å². The molecule has 1 amide bonds. The number of anilines is 1. The van der Waals surface area contributed by atoms with E-state index in [-0.39, 0.29) is 22.7 Å². The fourth-order valence-corrected chi connectivity index (χ4v) is 3.19. The topological polar surface area (TPSA) is 109 Å². The molecule has 0 bridgehead atoms. The molecule has 0 saturated carbocycles. The van der Waals surface area contributed by atoms with Gasteiger partial charge in [0, 0.05) is 23.5 Å². The second kappa shape index (κ2) is 7.59. The van der Waals surface area contributed by atoms with Crippen molar-refractivity contribution in [2.24, 2.45) is 5.10 Å². The van der Waals surface area contributed by atoms with Crippen molar-refractivity contribution in [2.75, 3.05) is 5.01 Å². The third kappa shape index (κ3) is 3.42. The highest BCUT2D eigenvalue weighted by molar-refractivity contribution is 6.32. The number of benzene rings is 2. The molecule has 148 valence electrons. The van der Waals surface area contributed by atoms with Crippen LogP contribution in [0.25, 0.3) is 6.08 Å². The van der Waals surface area contributed by atoms with E-state index in [9.17, 15) is 19.7 Å². The normalized spacial score (nSPS) is 14.8. The van der Waals surface area contributed by atoms with Crippen molar-refractivity contribution in [3.63, 3.8) is 0 Å². The molecule has 8 heteroatoms. The number of nitrogens with one attached hydrogen (secondary N) is 1. The second-order valence-electron chi connectivity index (χ2n) is 6.64. The Kier molecular flexibility index (Phi) is 4.81. The van der Waals surface area contributed by atoms with Gasteiger partial charge in [0.25, 0.3) is 11.6 Å². The highest BCUT2D eigenvalue weighted by Gasteiger charge is 2.29. The van der Waals surface area contributed by atoms with Crippen LogP contribution in [-0.2, 0) is 4.79 Å². The summed E-state index contributed by atoms with van der Waals surface area (Å²) < 4.78 is 0. The number of H-pyrrole nitrogens is 1. The second-order valence-corrected chi connectivity index (χ2v) is 6.64.